The summed E-state index contributed by atoms with van der Waals surface area (Å²) < 4.78 is 8.55. The molecule has 0 radical (unpaired) electrons. The molecule has 4 saturated carbocycles. The number of nitrogens with zero attached hydrogens (tertiary/aromatic N) is 4. The first kappa shape index (κ1) is 21.1. The summed E-state index contributed by atoms with van der Waals surface area (Å²) in [6.45, 7) is 3.29. The van der Waals surface area contributed by atoms with Gasteiger partial charge in [-0.3, -0.25) is 13.9 Å². The predicted molar refractivity (Wildman–Crippen MR) is 128 cm³/mol. The molecule has 3 bridgehead atoms. The maximum Gasteiger partial charge on any atom is 0.341 e. The van der Waals surface area contributed by atoms with Gasteiger partial charge in [0.15, 0.2) is 0 Å². The number of imidazole rings is 1. The predicted octanol–water partition coefficient (Wildman–Crippen LogP) is 3.70. The van der Waals surface area contributed by atoms with E-state index in [1.165, 1.54) is 44.7 Å². The van der Waals surface area contributed by atoms with Gasteiger partial charge in [-0.2, -0.15) is 5.10 Å². The molecule has 35 heavy (non-hydrogen) atoms. The lowest BCUT2D eigenvalue weighted by atomic mass is 9.55. The second kappa shape index (κ2) is 7.42. The van der Waals surface area contributed by atoms with Crippen molar-refractivity contribution in [3.63, 3.8) is 0 Å². The van der Waals surface area contributed by atoms with Crippen molar-refractivity contribution in [3.8, 4) is 0 Å². The average molecular weight is 474 g/mol. The molecule has 1 N–H and O–H groups in total. The van der Waals surface area contributed by atoms with E-state index < -0.39 is 0 Å². The molecular formula is C27H31N5O3. The minimum absolute atomic E-state index is 0.0381. The van der Waals surface area contributed by atoms with E-state index in [0.29, 0.717) is 35.2 Å². The molecule has 7 rings (SSSR count). The number of carbonyl (C=O) groups is 2. The summed E-state index contributed by atoms with van der Waals surface area (Å²) in [4.78, 5) is 29.9. The molecule has 8 nitrogen and oxygen atoms in total. The summed E-state index contributed by atoms with van der Waals surface area (Å²) in [6, 6.07) is 5.64. The van der Waals surface area contributed by atoms with E-state index in [2.05, 4.69) is 15.4 Å². The molecule has 0 aliphatic heterocycles. The number of pyridine rings is 1. The first-order chi connectivity index (χ1) is 17.0. The van der Waals surface area contributed by atoms with Gasteiger partial charge in [0.2, 0.25) is 0 Å². The highest BCUT2D eigenvalue weighted by atomic mass is 16.5. The number of rotatable bonds is 7. The van der Waals surface area contributed by atoms with E-state index in [1.807, 2.05) is 28.8 Å². The molecule has 0 aromatic carbocycles. The average Bonchev–Trinajstić information content (AvgIpc) is 3.55. The summed E-state index contributed by atoms with van der Waals surface area (Å²) in [7, 11) is 0. The number of hydrogen-bond acceptors (Lipinski definition) is 5. The Morgan fingerprint density at radius 3 is 2.97 bits per heavy atom. The van der Waals surface area contributed by atoms with Crippen LogP contribution in [0.4, 0.5) is 0 Å². The molecule has 4 fully saturated rings. The number of aromatic nitrogens is 4. The molecular weight excluding hydrogens is 442 g/mol. The summed E-state index contributed by atoms with van der Waals surface area (Å²) in [5.41, 5.74) is 3.44. The van der Waals surface area contributed by atoms with Crippen LogP contribution in [0.3, 0.4) is 0 Å². The molecule has 8 heteroatoms. The van der Waals surface area contributed by atoms with Crippen molar-refractivity contribution < 1.29 is 14.3 Å². The van der Waals surface area contributed by atoms with Crippen molar-refractivity contribution >= 4 is 17.5 Å². The van der Waals surface area contributed by atoms with Gasteiger partial charge in [-0.15, -0.1) is 0 Å². The Kier molecular flexibility index (Phi) is 4.48. The number of ether oxygens (including phenoxy) is 1. The zero-order chi connectivity index (χ0) is 23.8. The van der Waals surface area contributed by atoms with Gasteiger partial charge in [0.25, 0.3) is 5.91 Å². The van der Waals surface area contributed by atoms with Crippen LogP contribution in [0.1, 0.15) is 72.0 Å². The molecule has 0 saturated heterocycles. The van der Waals surface area contributed by atoms with Gasteiger partial charge in [0.05, 0.1) is 30.6 Å². The SMILES string of the molecule is CCOC(=O)c1cnn(Cc2cn3c(C(=O)NCC45CC6CC7CC(C4)C7(C6)C5)cccc3n2)c1. The van der Waals surface area contributed by atoms with Crippen molar-refractivity contribution in [1.29, 1.82) is 0 Å². The standard InChI is InChI=1S/C27H31N5O3/c1-2-35-25(34)18-11-29-31(12-18)13-21-14-32-22(4-3-5-23(32)30-21)24(33)28-16-26-8-17-6-19-7-20(10-26)27(19,9-17)15-26/h3-5,11-12,14,17,19-20H,2,6-10,13,15-16H2,1H3,(H,28,33). The maximum absolute atomic E-state index is 13.3. The Balaban J connectivity index is 1.07. The van der Waals surface area contributed by atoms with Gasteiger partial charge >= 0.3 is 5.97 Å². The van der Waals surface area contributed by atoms with Crippen LogP contribution in [0.5, 0.6) is 0 Å². The van der Waals surface area contributed by atoms with E-state index in [4.69, 9.17) is 4.74 Å². The smallest absolute Gasteiger partial charge is 0.341 e. The van der Waals surface area contributed by atoms with Crippen LogP contribution in [-0.4, -0.2) is 44.2 Å². The van der Waals surface area contributed by atoms with Crippen molar-refractivity contribution in [2.45, 2.75) is 52.0 Å². The molecule has 3 heterocycles. The number of esters is 1. The molecule has 3 aromatic rings. The van der Waals surface area contributed by atoms with E-state index in [0.717, 1.165) is 35.6 Å². The molecule has 4 aliphatic carbocycles. The Hall–Kier alpha value is -3.16. The van der Waals surface area contributed by atoms with Gasteiger partial charge in [-0.1, -0.05) is 6.07 Å². The Morgan fingerprint density at radius 1 is 1.17 bits per heavy atom. The van der Waals surface area contributed by atoms with E-state index in [9.17, 15) is 9.59 Å². The molecule has 3 aromatic heterocycles. The summed E-state index contributed by atoms with van der Waals surface area (Å²) in [5.74, 6) is 2.33. The molecule has 5 unspecified atom stereocenters. The van der Waals surface area contributed by atoms with Crippen molar-refractivity contribution in [2.24, 2.45) is 28.6 Å². The molecule has 5 atom stereocenters. The largest absolute Gasteiger partial charge is 0.462 e. The first-order valence-electron chi connectivity index (χ1n) is 12.9. The van der Waals surface area contributed by atoms with Crippen LogP contribution in [-0.2, 0) is 11.3 Å². The van der Waals surface area contributed by atoms with Crippen molar-refractivity contribution in [2.75, 3.05) is 13.2 Å². The van der Waals surface area contributed by atoms with Crippen LogP contribution in [0.15, 0.2) is 36.8 Å². The number of carbonyl (C=O) groups excluding carboxylic acids is 2. The Morgan fingerprint density at radius 2 is 2.09 bits per heavy atom. The van der Waals surface area contributed by atoms with Crippen molar-refractivity contribution in [1.82, 2.24) is 24.5 Å². The van der Waals surface area contributed by atoms with Gasteiger partial charge in [0.1, 0.15) is 11.3 Å². The molecule has 1 amide bonds. The zero-order valence-electron chi connectivity index (χ0n) is 20.1. The van der Waals surface area contributed by atoms with Gasteiger partial charge in [-0.05, 0) is 86.2 Å². The maximum atomic E-state index is 13.3. The van der Waals surface area contributed by atoms with E-state index in [-0.39, 0.29) is 11.9 Å². The summed E-state index contributed by atoms with van der Waals surface area (Å²) in [6.07, 6.45) is 13.3. The third kappa shape index (κ3) is 3.18. The third-order valence-corrected chi connectivity index (χ3v) is 9.45. The first-order valence-corrected chi connectivity index (χ1v) is 12.9. The Labute approximate surface area is 204 Å². The molecule has 1 spiro atoms. The highest BCUT2D eigenvalue weighted by Crippen LogP contribution is 2.78. The number of amides is 1. The third-order valence-electron chi connectivity index (χ3n) is 9.45. The van der Waals surface area contributed by atoms with E-state index in [1.54, 1.807) is 17.8 Å². The fraction of sp³-hybridized carbons (Fsp3) is 0.556. The number of nitrogens with one attached hydrogen (secondary N) is 1. The van der Waals surface area contributed by atoms with Crippen LogP contribution in [0.25, 0.3) is 5.65 Å². The number of fused-ring (bicyclic) bond motifs is 3. The van der Waals surface area contributed by atoms with Crippen LogP contribution < -0.4 is 5.32 Å². The van der Waals surface area contributed by atoms with Crippen LogP contribution >= 0.6 is 0 Å². The fourth-order valence-corrected chi connectivity index (χ4v) is 8.36. The zero-order valence-corrected chi connectivity index (χ0v) is 20.1. The highest BCUT2D eigenvalue weighted by Gasteiger charge is 2.70. The monoisotopic (exact) mass is 473 g/mol. The summed E-state index contributed by atoms with van der Waals surface area (Å²) >= 11 is 0. The number of hydrogen-bond donors (Lipinski definition) is 1. The Bertz CT molecular complexity index is 1340. The highest BCUT2D eigenvalue weighted by molar-refractivity contribution is 5.93. The lowest BCUT2D eigenvalue weighted by molar-refractivity contribution is -0.00254. The topological polar surface area (TPSA) is 90.5 Å². The molecule has 182 valence electrons. The van der Waals surface area contributed by atoms with Gasteiger partial charge < -0.3 is 10.1 Å². The van der Waals surface area contributed by atoms with E-state index >= 15 is 0 Å². The summed E-state index contributed by atoms with van der Waals surface area (Å²) in [5, 5.41) is 7.57. The minimum atomic E-state index is -0.386. The van der Waals surface area contributed by atoms with Gasteiger partial charge in [0, 0.05) is 18.9 Å². The van der Waals surface area contributed by atoms with Crippen LogP contribution in [0.2, 0.25) is 0 Å². The van der Waals surface area contributed by atoms with Crippen molar-refractivity contribution in [3.05, 3.63) is 53.7 Å². The second-order valence-electron chi connectivity index (χ2n) is 11.5. The quantitative estimate of drug-likeness (QED) is 0.529. The lowest BCUT2D eigenvalue weighted by Gasteiger charge is -2.49. The van der Waals surface area contributed by atoms with Gasteiger partial charge in [-0.25, -0.2) is 9.78 Å². The fourth-order valence-electron chi connectivity index (χ4n) is 8.36. The lowest BCUT2D eigenvalue weighted by Crippen LogP contribution is -2.43. The minimum Gasteiger partial charge on any atom is -0.462 e. The second-order valence-corrected chi connectivity index (χ2v) is 11.5. The molecule has 4 aliphatic rings. The van der Waals surface area contributed by atoms with Crippen LogP contribution in [0, 0.1) is 28.6 Å². The normalized spacial score (nSPS) is 32.0.